The third kappa shape index (κ3) is 2.91. The van der Waals surface area contributed by atoms with E-state index < -0.39 is 11.9 Å². The summed E-state index contributed by atoms with van der Waals surface area (Å²) in [6.45, 7) is 7.02. The zero-order chi connectivity index (χ0) is 14.2. The van der Waals surface area contributed by atoms with E-state index in [1.54, 1.807) is 0 Å². The molecule has 5 atom stereocenters. The van der Waals surface area contributed by atoms with E-state index in [0.29, 0.717) is 31.9 Å². The Morgan fingerprint density at radius 2 is 1.79 bits per heavy atom. The van der Waals surface area contributed by atoms with Gasteiger partial charge in [0.1, 0.15) is 0 Å². The lowest BCUT2D eigenvalue weighted by molar-refractivity contribution is -0.155. The summed E-state index contributed by atoms with van der Waals surface area (Å²) in [5.74, 6) is -1.41. The minimum atomic E-state index is -0.836. The molecule has 1 aliphatic carbocycles. The summed E-state index contributed by atoms with van der Waals surface area (Å²) in [6.07, 6.45) is 1.33. The molecule has 1 heterocycles. The first kappa shape index (κ1) is 14.3. The van der Waals surface area contributed by atoms with Crippen molar-refractivity contribution in [3.8, 4) is 0 Å². The second-order valence-corrected chi connectivity index (χ2v) is 6.11. The maximum atomic E-state index is 12.6. The highest BCUT2D eigenvalue weighted by atomic mass is 16.5. The van der Waals surface area contributed by atoms with Crippen LogP contribution in [0.25, 0.3) is 0 Å². The highest BCUT2D eigenvalue weighted by Gasteiger charge is 2.44. The van der Waals surface area contributed by atoms with Crippen LogP contribution in [-0.2, 0) is 14.3 Å². The Bertz CT molecular complexity index is 370. The molecule has 108 valence electrons. The minimum Gasteiger partial charge on any atom is -0.481 e. The molecule has 5 heteroatoms. The van der Waals surface area contributed by atoms with Crippen LogP contribution in [0.5, 0.6) is 0 Å². The smallest absolute Gasteiger partial charge is 0.307 e. The van der Waals surface area contributed by atoms with Crippen molar-refractivity contribution in [2.75, 3.05) is 13.2 Å². The number of ether oxygens (including phenoxy) is 1. The van der Waals surface area contributed by atoms with Gasteiger partial charge in [0.05, 0.1) is 30.6 Å². The van der Waals surface area contributed by atoms with E-state index >= 15 is 0 Å². The molecule has 0 spiro atoms. The molecule has 2 rings (SSSR count). The Labute approximate surface area is 113 Å². The number of aliphatic carboxylic acids is 1. The zero-order valence-corrected chi connectivity index (χ0v) is 11.8. The van der Waals surface area contributed by atoms with Gasteiger partial charge in [-0.15, -0.1) is 0 Å². The summed E-state index contributed by atoms with van der Waals surface area (Å²) in [4.78, 5) is 25.7. The number of morpholine rings is 1. The summed E-state index contributed by atoms with van der Waals surface area (Å²) < 4.78 is 5.52. The Kier molecular flexibility index (Phi) is 4.13. The minimum absolute atomic E-state index is 0.000556. The summed E-state index contributed by atoms with van der Waals surface area (Å²) in [5.41, 5.74) is 0. The Morgan fingerprint density at radius 3 is 2.42 bits per heavy atom. The average molecular weight is 269 g/mol. The van der Waals surface area contributed by atoms with Crippen molar-refractivity contribution in [1.29, 1.82) is 0 Å². The van der Waals surface area contributed by atoms with Gasteiger partial charge < -0.3 is 14.7 Å². The molecule has 5 nitrogen and oxygen atoms in total. The fourth-order valence-corrected chi connectivity index (χ4v) is 3.26. The molecule has 2 aliphatic rings. The molecule has 19 heavy (non-hydrogen) atoms. The third-order valence-corrected chi connectivity index (χ3v) is 4.32. The van der Waals surface area contributed by atoms with Gasteiger partial charge in [-0.2, -0.15) is 0 Å². The van der Waals surface area contributed by atoms with Crippen LogP contribution in [0.15, 0.2) is 0 Å². The number of hydrogen-bond donors (Lipinski definition) is 1. The van der Waals surface area contributed by atoms with Gasteiger partial charge in [0.25, 0.3) is 0 Å². The lowest BCUT2D eigenvalue weighted by atomic mass is 9.94. The van der Waals surface area contributed by atoms with E-state index in [2.05, 4.69) is 0 Å². The predicted molar refractivity (Wildman–Crippen MR) is 69.6 cm³/mol. The van der Waals surface area contributed by atoms with E-state index in [-0.39, 0.29) is 24.0 Å². The Morgan fingerprint density at radius 1 is 1.16 bits per heavy atom. The summed E-state index contributed by atoms with van der Waals surface area (Å²) in [7, 11) is 0. The van der Waals surface area contributed by atoms with Gasteiger partial charge in [-0.3, -0.25) is 9.59 Å². The van der Waals surface area contributed by atoms with Crippen LogP contribution in [0.4, 0.5) is 0 Å². The number of carbonyl (C=O) groups excluding carboxylic acids is 1. The number of carboxylic acids is 1. The fourth-order valence-electron chi connectivity index (χ4n) is 3.26. The van der Waals surface area contributed by atoms with Crippen LogP contribution < -0.4 is 0 Å². The number of nitrogens with zero attached hydrogens (tertiary/aromatic N) is 1. The maximum Gasteiger partial charge on any atom is 0.307 e. The van der Waals surface area contributed by atoms with Gasteiger partial charge in [-0.1, -0.05) is 6.92 Å². The standard InChI is InChI=1S/C14H23NO4/c1-8-4-11(12(5-8)14(17)18)13(16)15-6-10(3)19-7-9(15)2/h8-12H,4-7H2,1-3H3,(H,17,18). The van der Waals surface area contributed by atoms with Crippen molar-refractivity contribution in [2.24, 2.45) is 17.8 Å². The SMILES string of the molecule is CC1CC(C(=O)O)C(C(=O)N2CC(C)OCC2C)C1. The lowest BCUT2D eigenvalue weighted by Crippen LogP contribution is -2.52. The molecule has 0 aromatic rings. The summed E-state index contributed by atoms with van der Waals surface area (Å²) in [5, 5.41) is 9.27. The highest BCUT2D eigenvalue weighted by molar-refractivity contribution is 5.85. The van der Waals surface area contributed by atoms with Crippen LogP contribution in [0.1, 0.15) is 33.6 Å². The van der Waals surface area contributed by atoms with Crippen LogP contribution in [0, 0.1) is 17.8 Å². The maximum absolute atomic E-state index is 12.6. The fraction of sp³-hybridized carbons (Fsp3) is 0.857. The van der Waals surface area contributed by atoms with Crippen molar-refractivity contribution < 1.29 is 19.4 Å². The summed E-state index contributed by atoms with van der Waals surface area (Å²) >= 11 is 0. The largest absolute Gasteiger partial charge is 0.481 e. The third-order valence-electron chi connectivity index (χ3n) is 4.32. The van der Waals surface area contributed by atoms with Gasteiger partial charge in [0.2, 0.25) is 5.91 Å². The van der Waals surface area contributed by atoms with Gasteiger partial charge in [-0.25, -0.2) is 0 Å². The number of carbonyl (C=O) groups is 2. The molecular weight excluding hydrogens is 246 g/mol. The first-order chi connectivity index (χ1) is 8.90. The molecule has 1 saturated heterocycles. The van der Waals surface area contributed by atoms with E-state index in [4.69, 9.17) is 4.74 Å². The second kappa shape index (κ2) is 5.49. The van der Waals surface area contributed by atoms with Gasteiger partial charge in [0.15, 0.2) is 0 Å². The van der Waals surface area contributed by atoms with E-state index in [9.17, 15) is 14.7 Å². The van der Waals surface area contributed by atoms with Gasteiger partial charge >= 0.3 is 5.97 Å². The molecule has 2 fully saturated rings. The van der Waals surface area contributed by atoms with Crippen LogP contribution in [0.3, 0.4) is 0 Å². The number of rotatable bonds is 2. The van der Waals surface area contributed by atoms with Crippen molar-refractivity contribution in [3.05, 3.63) is 0 Å². The summed E-state index contributed by atoms with van der Waals surface area (Å²) in [6, 6.07) is 0.0362. The molecule has 1 aliphatic heterocycles. The van der Waals surface area contributed by atoms with Crippen molar-refractivity contribution in [3.63, 3.8) is 0 Å². The Hall–Kier alpha value is -1.10. The first-order valence-corrected chi connectivity index (χ1v) is 7.05. The van der Waals surface area contributed by atoms with Gasteiger partial charge in [-0.05, 0) is 32.6 Å². The topological polar surface area (TPSA) is 66.8 Å². The lowest BCUT2D eigenvalue weighted by Gasteiger charge is -2.38. The molecule has 0 bridgehead atoms. The normalized spacial score (nSPS) is 39.3. The van der Waals surface area contributed by atoms with Gasteiger partial charge in [0, 0.05) is 6.54 Å². The zero-order valence-electron chi connectivity index (χ0n) is 11.8. The molecule has 1 saturated carbocycles. The number of carboxylic acid groups (broad SMARTS) is 1. The average Bonchev–Trinajstić information content (AvgIpc) is 2.74. The van der Waals surface area contributed by atoms with Crippen molar-refractivity contribution in [1.82, 2.24) is 4.90 Å². The second-order valence-electron chi connectivity index (χ2n) is 6.11. The predicted octanol–water partition coefficient (Wildman–Crippen LogP) is 1.37. The van der Waals surface area contributed by atoms with Crippen LogP contribution >= 0.6 is 0 Å². The Balaban J connectivity index is 2.11. The quantitative estimate of drug-likeness (QED) is 0.822. The molecule has 0 radical (unpaired) electrons. The van der Waals surface area contributed by atoms with Crippen molar-refractivity contribution >= 4 is 11.9 Å². The monoisotopic (exact) mass is 269 g/mol. The molecule has 5 unspecified atom stereocenters. The molecular formula is C14H23NO4. The number of hydrogen-bond acceptors (Lipinski definition) is 3. The molecule has 0 aromatic heterocycles. The molecule has 1 N–H and O–H groups in total. The molecule has 0 aromatic carbocycles. The van der Waals surface area contributed by atoms with Crippen molar-refractivity contribution in [2.45, 2.75) is 45.8 Å². The van der Waals surface area contributed by atoms with E-state index in [0.717, 1.165) is 0 Å². The highest BCUT2D eigenvalue weighted by Crippen LogP contribution is 2.38. The van der Waals surface area contributed by atoms with E-state index in [1.165, 1.54) is 0 Å². The van der Waals surface area contributed by atoms with Crippen LogP contribution in [-0.4, -0.2) is 47.2 Å². The first-order valence-electron chi connectivity index (χ1n) is 7.05. The number of amides is 1. The van der Waals surface area contributed by atoms with Crippen LogP contribution in [0.2, 0.25) is 0 Å². The molecule has 1 amide bonds. The van der Waals surface area contributed by atoms with E-state index in [1.807, 2.05) is 25.7 Å².